The fourth-order valence-corrected chi connectivity index (χ4v) is 2.59. The molecular weight excluding hydrogens is 332 g/mol. The predicted octanol–water partition coefficient (Wildman–Crippen LogP) is 2.35. The van der Waals surface area contributed by atoms with Crippen molar-refractivity contribution >= 4 is 34.3 Å². The van der Waals surface area contributed by atoms with E-state index in [1.807, 2.05) is 24.3 Å². The van der Waals surface area contributed by atoms with Gasteiger partial charge in [-0.2, -0.15) is 0 Å². The van der Waals surface area contributed by atoms with Crippen molar-refractivity contribution in [2.45, 2.75) is 25.4 Å². The maximum absolute atomic E-state index is 12.2. The number of anilines is 2. The van der Waals surface area contributed by atoms with Crippen molar-refractivity contribution < 1.29 is 9.59 Å². The van der Waals surface area contributed by atoms with Crippen LogP contribution in [0, 0.1) is 0 Å². The molecule has 1 aromatic heterocycles. The second kappa shape index (κ2) is 6.83. The second-order valence-electron chi connectivity index (χ2n) is 6.23. The Hall–Kier alpha value is -3.42. The summed E-state index contributed by atoms with van der Waals surface area (Å²) in [5.74, 6) is -0.201. The summed E-state index contributed by atoms with van der Waals surface area (Å²) in [6, 6.07) is 14.5. The molecule has 0 radical (unpaired) electrons. The van der Waals surface area contributed by atoms with Crippen LogP contribution < -0.4 is 16.0 Å². The van der Waals surface area contributed by atoms with Crippen LogP contribution in [0.4, 0.5) is 16.2 Å². The van der Waals surface area contributed by atoms with Crippen LogP contribution in [0.3, 0.4) is 0 Å². The lowest BCUT2D eigenvalue weighted by Crippen LogP contribution is -2.30. The summed E-state index contributed by atoms with van der Waals surface area (Å²) in [4.78, 5) is 23.9. The highest BCUT2D eigenvalue weighted by Crippen LogP contribution is 2.19. The van der Waals surface area contributed by atoms with Crippen LogP contribution in [-0.4, -0.2) is 33.0 Å². The number of fused-ring (bicyclic) bond motifs is 1. The highest BCUT2D eigenvalue weighted by molar-refractivity contribution is 5.93. The van der Waals surface area contributed by atoms with Crippen LogP contribution in [0.1, 0.15) is 12.8 Å². The van der Waals surface area contributed by atoms with E-state index in [0.29, 0.717) is 17.4 Å². The minimum atomic E-state index is -0.206. The first kappa shape index (κ1) is 16.1. The van der Waals surface area contributed by atoms with E-state index in [9.17, 15) is 9.59 Å². The minimum absolute atomic E-state index is 0.0737. The summed E-state index contributed by atoms with van der Waals surface area (Å²) in [5.41, 5.74) is 2.88. The number of urea groups is 1. The van der Waals surface area contributed by atoms with E-state index in [1.165, 1.54) is 0 Å². The Morgan fingerprint density at radius 1 is 1.00 bits per heavy atom. The number of amides is 3. The van der Waals surface area contributed by atoms with Crippen molar-refractivity contribution in [2.75, 3.05) is 10.6 Å². The van der Waals surface area contributed by atoms with Gasteiger partial charge < -0.3 is 16.0 Å². The third-order valence-corrected chi connectivity index (χ3v) is 4.05. The number of hydrogen-bond donors (Lipinski definition) is 3. The van der Waals surface area contributed by atoms with E-state index in [-0.39, 0.29) is 18.5 Å². The van der Waals surface area contributed by atoms with E-state index >= 15 is 0 Å². The Labute approximate surface area is 149 Å². The molecule has 3 N–H and O–H groups in total. The number of rotatable bonds is 5. The Balaban J connectivity index is 1.34. The third kappa shape index (κ3) is 3.80. The number of hydrogen-bond acceptors (Lipinski definition) is 4. The summed E-state index contributed by atoms with van der Waals surface area (Å²) in [6.45, 7) is 0.0737. The molecule has 8 nitrogen and oxygen atoms in total. The lowest BCUT2D eigenvalue weighted by atomic mass is 10.2. The lowest BCUT2D eigenvalue weighted by Gasteiger charge is -2.09. The first-order valence-electron chi connectivity index (χ1n) is 8.43. The van der Waals surface area contributed by atoms with Crippen molar-refractivity contribution in [3.05, 3.63) is 48.5 Å². The Bertz CT molecular complexity index is 946. The molecule has 26 heavy (non-hydrogen) atoms. The van der Waals surface area contributed by atoms with Crippen LogP contribution in [-0.2, 0) is 11.3 Å². The highest BCUT2D eigenvalue weighted by atomic mass is 16.2. The Morgan fingerprint density at radius 3 is 2.42 bits per heavy atom. The predicted molar refractivity (Wildman–Crippen MR) is 97.8 cm³/mol. The highest BCUT2D eigenvalue weighted by Gasteiger charge is 2.23. The molecule has 3 amide bonds. The quantitative estimate of drug-likeness (QED) is 0.657. The van der Waals surface area contributed by atoms with E-state index in [0.717, 1.165) is 23.9 Å². The van der Waals surface area contributed by atoms with Gasteiger partial charge in [0.15, 0.2) is 0 Å². The normalized spacial score (nSPS) is 13.4. The van der Waals surface area contributed by atoms with Gasteiger partial charge in [0.2, 0.25) is 5.91 Å². The summed E-state index contributed by atoms with van der Waals surface area (Å²) in [5, 5.41) is 16.5. The zero-order valence-electron chi connectivity index (χ0n) is 14.0. The van der Waals surface area contributed by atoms with Gasteiger partial charge >= 0.3 is 6.03 Å². The number of benzene rings is 2. The second-order valence-corrected chi connectivity index (χ2v) is 6.23. The van der Waals surface area contributed by atoms with Gasteiger partial charge in [0, 0.05) is 17.4 Å². The SMILES string of the molecule is O=C(Cn1nnc2ccccc21)Nc1ccc(NC(=O)NC2CC2)cc1. The van der Waals surface area contributed by atoms with Crippen molar-refractivity contribution in [2.24, 2.45) is 0 Å². The first-order chi connectivity index (χ1) is 12.7. The number of para-hydroxylation sites is 1. The molecule has 0 bridgehead atoms. The molecule has 0 atom stereocenters. The monoisotopic (exact) mass is 350 g/mol. The number of aromatic nitrogens is 3. The van der Waals surface area contributed by atoms with E-state index in [2.05, 4.69) is 26.3 Å². The van der Waals surface area contributed by atoms with Crippen LogP contribution in [0.25, 0.3) is 11.0 Å². The van der Waals surface area contributed by atoms with Gasteiger partial charge in [0.1, 0.15) is 12.1 Å². The summed E-state index contributed by atoms with van der Waals surface area (Å²) >= 11 is 0. The van der Waals surface area contributed by atoms with Gasteiger partial charge in [0.05, 0.1) is 5.52 Å². The van der Waals surface area contributed by atoms with Gasteiger partial charge in [-0.15, -0.1) is 5.10 Å². The average molecular weight is 350 g/mol. The van der Waals surface area contributed by atoms with Crippen molar-refractivity contribution in [3.8, 4) is 0 Å². The Morgan fingerprint density at radius 2 is 1.69 bits per heavy atom. The molecule has 0 unspecified atom stereocenters. The lowest BCUT2D eigenvalue weighted by molar-refractivity contribution is -0.116. The van der Waals surface area contributed by atoms with Gasteiger partial charge in [-0.25, -0.2) is 9.48 Å². The summed E-state index contributed by atoms with van der Waals surface area (Å²) in [7, 11) is 0. The van der Waals surface area contributed by atoms with Gasteiger partial charge in [-0.3, -0.25) is 4.79 Å². The molecule has 2 aromatic carbocycles. The van der Waals surface area contributed by atoms with Crippen LogP contribution >= 0.6 is 0 Å². The zero-order chi connectivity index (χ0) is 17.9. The molecule has 0 spiro atoms. The molecule has 1 saturated carbocycles. The standard InChI is InChI=1S/C18H18N6O2/c25-17(11-24-16-4-2-1-3-15(16)22-23-24)19-12-5-7-13(8-6-12)20-18(26)21-14-9-10-14/h1-8,14H,9-11H2,(H,19,25)(H2,20,21,26). The molecule has 1 fully saturated rings. The van der Waals surface area contributed by atoms with E-state index < -0.39 is 0 Å². The molecule has 132 valence electrons. The maximum Gasteiger partial charge on any atom is 0.319 e. The fourth-order valence-electron chi connectivity index (χ4n) is 2.59. The van der Waals surface area contributed by atoms with Crippen LogP contribution in [0.2, 0.25) is 0 Å². The topological polar surface area (TPSA) is 101 Å². The molecule has 8 heteroatoms. The minimum Gasteiger partial charge on any atom is -0.335 e. The number of nitrogens with zero attached hydrogens (tertiary/aromatic N) is 3. The number of carbonyl (C=O) groups excluding carboxylic acids is 2. The van der Waals surface area contributed by atoms with E-state index in [1.54, 1.807) is 28.9 Å². The Kier molecular flexibility index (Phi) is 4.22. The van der Waals surface area contributed by atoms with Crippen LogP contribution in [0.15, 0.2) is 48.5 Å². The fraction of sp³-hybridized carbons (Fsp3) is 0.222. The maximum atomic E-state index is 12.2. The number of carbonyl (C=O) groups is 2. The van der Waals surface area contributed by atoms with Gasteiger partial charge in [0.25, 0.3) is 0 Å². The summed E-state index contributed by atoms with van der Waals surface area (Å²) < 4.78 is 1.56. The molecular formula is C18H18N6O2. The van der Waals surface area contributed by atoms with Crippen molar-refractivity contribution in [3.63, 3.8) is 0 Å². The molecule has 3 aromatic rings. The molecule has 1 heterocycles. The summed E-state index contributed by atoms with van der Waals surface area (Å²) in [6.07, 6.45) is 2.08. The molecule has 4 rings (SSSR count). The average Bonchev–Trinajstić information content (AvgIpc) is 3.35. The smallest absolute Gasteiger partial charge is 0.319 e. The van der Waals surface area contributed by atoms with Crippen LogP contribution in [0.5, 0.6) is 0 Å². The third-order valence-electron chi connectivity index (χ3n) is 4.05. The number of nitrogens with one attached hydrogen (secondary N) is 3. The first-order valence-corrected chi connectivity index (χ1v) is 8.43. The van der Waals surface area contributed by atoms with E-state index in [4.69, 9.17) is 0 Å². The molecule has 1 aliphatic rings. The molecule has 0 aliphatic heterocycles. The van der Waals surface area contributed by atoms with Crippen molar-refractivity contribution in [1.29, 1.82) is 0 Å². The molecule has 1 aliphatic carbocycles. The largest absolute Gasteiger partial charge is 0.335 e. The molecule has 0 saturated heterocycles. The van der Waals surface area contributed by atoms with Gasteiger partial charge in [-0.1, -0.05) is 17.3 Å². The van der Waals surface area contributed by atoms with Crippen molar-refractivity contribution in [1.82, 2.24) is 20.3 Å². The zero-order valence-corrected chi connectivity index (χ0v) is 14.0. The van der Waals surface area contributed by atoms with Gasteiger partial charge in [-0.05, 0) is 49.2 Å².